The average Bonchev–Trinajstić information content (AvgIpc) is 3.48. The Bertz CT molecular complexity index is 1560. The number of β-amino-alcohol motifs (C(OH)–C–C–N with tert-alkyl or cyclic N) is 1. The van der Waals surface area contributed by atoms with Crippen LogP contribution in [0.2, 0.25) is 0 Å². The maximum atomic E-state index is 13.4. The Morgan fingerprint density at radius 2 is 1.94 bits per heavy atom. The highest BCUT2D eigenvalue weighted by molar-refractivity contribution is 5.95. The summed E-state index contributed by atoms with van der Waals surface area (Å²) in [6.45, 7) is 11.0. The number of fused-ring (bicyclic) bond motifs is 1. The Kier molecular flexibility index (Phi) is 10.3. The first-order valence-corrected chi connectivity index (χ1v) is 16.9. The predicted octanol–water partition coefficient (Wildman–Crippen LogP) is 3.44. The maximum Gasteiger partial charge on any atom is 0.251 e. The molecule has 2 amide bonds. The Morgan fingerprint density at radius 3 is 2.64 bits per heavy atom. The smallest absolute Gasteiger partial charge is 0.251 e. The van der Waals surface area contributed by atoms with Crippen molar-refractivity contribution in [2.24, 2.45) is 0 Å². The third kappa shape index (κ3) is 7.87. The predicted molar refractivity (Wildman–Crippen MR) is 179 cm³/mol. The van der Waals surface area contributed by atoms with Gasteiger partial charge < -0.3 is 34.7 Å². The van der Waals surface area contributed by atoms with Crippen molar-refractivity contribution in [2.75, 3.05) is 56.0 Å². The van der Waals surface area contributed by atoms with E-state index in [2.05, 4.69) is 38.4 Å². The summed E-state index contributed by atoms with van der Waals surface area (Å²) in [5, 5.41) is 17.4. The van der Waals surface area contributed by atoms with Gasteiger partial charge in [0.25, 0.3) is 5.91 Å². The van der Waals surface area contributed by atoms with Crippen LogP contribution in [0.5, 0.6) is 5.75 Å². The van der Waals surface area contributed by atoms with E-state index >= 15 is 0 Å². The van der Waals surface area contributed by atoms with Crippen LogP contribution in [0.4, 0.5) is 11.6 Å². The van der Waals surface area contributed by atoms with Gasteiger partial charge >= 0.3 is 0 Å². The van der Waals surface area contributed by atoms with Crippen LogP contribution < -0.4 is 20.3 Å². The van der Waals surface area contributed by atoms with Crippen molar-refractivity contribution in [1.82, 2.24) is 25.1 Å². The van der Waals surface area contributed by atoms with Gasteiger partial charge in [0.15, 0.2) is 12.2 Å². The molecule has 2 aromatic heterocycles. The Morgan fingerprint density at radius 1 is 1.13 bits per heavy atom. The minimum absolute atomic E-state index is 0.149. The second-order valence-electron chi connectivity index (χ2n) is 12.9. The standard InChI is InChI=1S/C35H47N7O5/c1-4-34(44)42-14-12-41(13-15-42)33-17-26(16-32(39-33)38-27-6-5-7-27)35(45)36-18-28(43)20-40-11-10-29-23(2)30(9-8-25(29)19-40)46-21-31-24(3)37-22-47-31/h8-9,16-17,22,27-28,43H,4-7,10-15,18-21H2,1-3H3,(H,36,45)(H,38,39)/t28-/m0/s1. The molecule has 1 saturated heterocycles. The SMILES string of the molecule is CCC(=O)N1CCN(c2cc(C(=O)NC[C@H](O)CN3CCc4c(ccc(OCc5ocnc5C)c4C)C3)cc(NC3CCC3)n2)CC1. The van der Waals surface area contributed by atoms with E-state index in [1.807, 2.05) is 30.9 Å². The number of hydrogen-bond donors (Lipinski definition) is 3. The van der Waals surface area contributed by atoms with Crippen LogP contribution in [-0.4, -0.2) is 94.6 Å². The minimum Gasteiger partial charge on any atom is -0.485 e. The molecule has 12 heteroatoms. The number of rotatable bonds is 12. The van der Waals surface area contributed by atoms with Gasteiger partial charge in [-0.15, -0.1) is 0 Å². The number of carbonyl (C=O) groups excluding carboxylic acids is 2. The summed E-state index contributed by atoms with van der Waals surface area (Å²) in [5.41, 5.74) is 4.98. The van der Waals surface area contributed by atoms with Crippen molar-refractivity contribution in [3.8, 4) is 5.75 Å². The molecule has 2 fully saturated rings. The fraction of sp³-hybridized carbons (Fsp3) is 0.543. The first-order chi connectivity index (χ1) is 22.8. The van der Waals surface area contributed by atoms with Gasteiger partial charge in [-0.25, -0.2) is 9.97 Å². The highest BCUT2D eigenvalue weighted by Crippen LogP contribution is 2.30. The summed E-state index contributed by atoms with van der Waals surface area (Å²) < 4.78 is 11.5. The lowest BCUT2D eigenvalue weighted by molar-refractivity contribution is -0.131. The summed E-state index contributed by atoms with van der Waals surface area (Å²) in [5.74, 6) is 2.91. The van der Waals surface area contributed by atoms with Crippen LogP contribution in [0.3, 0.4) is 0 Å². The van der Waals surface area contributed by atoms with Crippen molar-refractivity contribution < 1.29 is 23.8 Å². The summed E-state index contributed by atoms with van der Waals surface area (Å²) in [4.78, 5) is 40.8. The largest absolute Gasteiger partial charge is 0.485 e. The molecule has 0 spiro atoms. The number of carbonyl (C=O) groups is 2. The number of aromatic nitrogens is 2. The zero-order valence-electron chi connectivity index (χ0n) is 27.8. The molecule has 3 aliphatic rings. The van der Waals surface area contributed by atoms with Crippen molar-refractivity contribution in [1.29, 1.82) is 0 Å². The van der Waals surface area contributed by atoms with Crippen LogP contribution in [0.15, 0.2) is 35.1 Å². The number of piperazine rings is 1. The molecule has 3 N–H and O–H groups in total. The second kappa shape index (κ2) is 14.7. The average molecular weight is 646 g/mol. The molecule has 1 saturated carbocycles. The van der Waals surface area contributed by atoms with Gasteiger partial charge in [-0.05, 0) is 74.4 Å². The van der Waals surface area contributed by atoms with E-state index in [1.54, 1.807) is 6.07 Å². The number of benzene rings is 1. The zero-order chi connectivity index (χ0) is 32.9. The molecule has 0 bridgehead atoms. The minimum atomic E-state index is -0.715. The Balaban J connectivity index is 1.03. The molecular weight excluding hydrogens is 598 g/mol. The maximum absolute atomic E-state index is 13.4. The van der Waals surface area contributed by atoms with Crippen molar-refractivity contribution in [3.63, 3.8) is 0 Å². The molecule has 1 aromatic carbocycles. The topological polar surface area (TPSA) is 136 Å². The van der Waals surface area contributed by atoms with Gasteiger partial charge in [0.05, 0.1) is 11.8 Å². The first-order valence-electron chi connectivity index (χ1n) is 16.9. The highest BCUT2D eigenvalue weighted by Gasteiger charge is 2.25. The van der Waals surface area contributed by atoms with E-state index in [9.17, 15) is 14.7 Å². The fourth-order valence-electron chi connectivity index (χ4n) is 6.53. The van der Waals surface area contributed by atoms with Crippen LogP contribution in [-0.2, 0) is 24.4 Å². The highest BCUT2D eigenvalue weighted by atomic mass is 16.5. The number of ether oxygens (including phenoxy) is 1. The lowest BCUT2D eigenvalue weighted by Crippen LogP contribution is -2.49. The van der Waals surface area contributed by atoms with Crippen LogP contribution in [0.1, 0.15) is 71.1 Å². The fourth-order valence-corrected chi connectivity index (χ4v) is 6.53. The van der Waals surface area contributed by atoms with Crippen molar-refractivity contribution >= 4 is 23.5 Å². The molecule has 2 aliphatic heterocycles. The molecule has 12 nitrogen and oxygen atoms in total. The van der Waals surface area contributed by atoms with Gasteiger partial charge in [-0.3, -0.25) is 14.5 Å². The number of nitrogens with one attached hydrogen (secondary N) is 2. The third-order valence-electron chi connectivity index (χ3n) is 9.68. The van der Waals surface area contributed by atoms with E-state index in [4.69, 9.17) is 14.1 Å². The summed E-state index contributed by atoms with van der Waals surface area (Å²) in [6, 6.07) is 8.09. The van der Waals surface area contributed by atoms with Crippen molar-refractivity contribution in [2.45, 2.75) is 78.2 Å². The Labute approximate surface area is 276 Å². The van der Waals surface area contributed by atoms with E-state index in [0.29, 0.717) is 63.2 Å². The molecule has 3 aromatic rings. The number of oxazole rings is 1. The van der Waals surface area contributed by atoms with Gasteiger partial charge in [-0.1, -0.05) is 13.0 Å². The summed E-state index contributed by atoms with van der Waals surface area (Å²) >= 11 is 0. The van der Waals surface area contributed by atoms with E-state index < -0.39 is 6.10 Å². The molecule has 1 atom stereocenters. The quantitative estimate of drug-likeness (QED) is 0.269. The number of aliphatic hydroxyl groups excluding tert-OH is 1. The summed E-state index contributed by atoms with van der Waals surface area (Å²) in [7, 11) is 0. The normalized spacial score (nSPS) is 17.5. The van der Waals surface area contributed by atoms with Crippen LogP contribution in [0, 0.1) is 13.8 Å². The van der Waals surface area contributed by atoms with E-state index in [0.717, 1.165) is 60.9 Å². The molecule has 4 heterocycles. The number of aryl methyl sites for hydroxylation is 1. The number of hydrogen-bond acceptors (Lipinski definition) is 10. The monoisotopic (exact) mass is 645 g/mol. The number of pyridine rings is 1. The Hall–Kier alpha value is -4.16. The number of nitrogens with zero attached hydrogens (tertiary/aromatic N) is 5. The van der Waals surface area contributed by atoms with Gasteiger partial charge in [-0.2, -0.15) is 0 Å². The molecule has 6 rings (SSSR count). The zero-order valence-corrected chi connectivity index (χ0v) is 27.8. The molecule has 1 aliphatic carbocycles. The molecule has 0 radical (unpaired) electrons. The lowest BCUT2D eigenvalue weighted by Gasteiger charge is -2.36. The van der Waals surface area contributed by atoms with E-state index in [1.165, 1.54) is 23.9 Å². The lowest BCUT2D eigenvalue weighted by atomic mass is 9.93. The van der Waals surface area contributed by atoms with Gasteiger partial charge in [0.1, 0.15) is 24.0 Å². The first kappa shape index (κ1) is 32.8. The second-order valence-corrected chi connectivity index (χ2v) is 12.9. The summed E-state index contributed by atoms with van der Waals surface area (Å²) in [6.07, 6.45) is 5.46. The molecule has 47 heavy (non-hydrogen) atoms. The number of aliphatic hydroxyl groups is 1. The molecule has 252 valence electrons. The van der Waals surface area contributed by atoms with Crippen LogP contribution in [0.25, 0.3) is 0 Å². The van der Waals surface area contributed by atoms with Crippen molar-refractivity contribution in [3.05, 3.63) is 64.4 Å². The molecule has 0 unspecified atom stereocenters. The van der Waals surface area contributed by atoms with E-state index in [-0.39, 0.29) is 18.4 Å². The third-order valence-corrected chi connectivity index (χ3v) is 9.68. The van der Waals surface area contributed by atoms with Crippen LogP contribution >= 0.6 is 0 Å². The van der Waals surface area contributed by atoms with Gasteiger partial charge in [0.2, 0.25) is 5.91 Å². The van der Waals surface area contributed by atoms with Gasteiger partial charge in [0, 0.05) is 70.4 Å². The number of anilines is 2. The molecular formula is C35H47N7O5. The number of amides is 2.